The van der Waals surface area contributed by atoms with E-state index in [1.807, 2.05) is 0 Å². The Hall–Kier alpha value is -1.82. The third-order valence-electron chi connectivity index (χ3n) is 2.97. The van der Waals surface area contributed by atoms with Crippen LogP contribution in [0.15, 0.2) is 18.2 Å². The molecule has 1 saturated heterocycles. The van der Waals surface area contributed by atoms with Gasteiger partial charge in [-0.2, -0.15) is 0 Å². The van der Waals surface area contributed by atoms with E-state index < -0.39 is 4.92 Å². The molecule has 1 heterocycles. The first kappa shape index (κ1) is 12.6. The average Bonchev–Trinajstić information content (AvgIpc) is 2.40. The van der Waals surface area contributed by atoms with Crippen molar-refractivity contribution in [1.82, 2.24) is 0 Å². The minimum Gasteiger partial charge on any atom is -0.490 e. The molecule has 1 aromatic rings. The van der Waals surface area contributed by atoms with Gasteiger partial charge in [-0.3, -0.25) is 10.1 Å². The summed E-state index contributed by atoms with van der Waals surface area (Å²) in [6.45, 7) is 1.46. The number of methoxy groups -OCH3 is 1. The van der Waals surface area contributed by atoms with Gasteiger partial charge in [-0.15, -0.1) is 0 Å². The Labute approximate surface area is 105 Å². The van der Waals surface area contributed by atoms with E-state index in [0.29, 0.717) is 6.04 Å². The Morgan fingerprint density at radius 3 is 2.78 bits per heavy atom. The van der Waals surface area contributed by atoms with Crippen LogP contribution in [-0.4, -0.2) is 31.3 Å². The van der Waals surface area contributed by atoms with E-state index in [1.165, 1.54) is 13.2 Å². The maximum Gasteiger partial charge on any atom is 0.312 e. The van der Waals surface area contributed by atoms with Gasteiger partial charge in [0.2, 0.25) is 0 Å². The Kier molecular flexibility index (Phi) is 3.99. The molecule has 0 spiro atoms. The van der Waals surface area contributed by atoms with E-state index in [9.17, 15) is 10.1 Å². The molecule has 6 nitrogen and oxygen atoms in total. The summed E-state index contributed by atoms with van der Waals surface area (Å²) in [5.74, 6) is 0.275. The number of nitro benzene ring substituents is 1. The number of ether oxygens (including phenoxy) is 2. The predicted molar refractivity (Wildman–Crippen MR) is 67.1 cm³/mol. The zero-order valence-electron chi connectivity index (χ0n) is 10.2. The second-order valence-corrected chi connectivity index (χ2v) is 4.17. The Balaban J connectivity index is 2.13. The van der Waals surface area contributed by atoms with Crippen LogP contribution in [0.25, 0.3) is 0 Å². The van der Waals surface area contributed by atoms with Gasteiger partial charge >= 0.3 is 5.69 Å². The van der Waals surface area contributed by atoms with Gasteiger partial charge in [0.15, 0.2) is 5.75 Å². The monoisotopic (exact) mass is 252 g/mol. The molecular formula is C12H16N2O4. The van der Waals surface area contributed by atoms with Gasteiger partial charge in [0.05, 0.1) is 12.0 Å². The van der Waals surface area contributed by atoms with Crippen LogP contribution in [-0.2, 0) is 4.74 Å². The number of anilines is 1. The lowest BCUT2D eigenvalue weighted by Gasteiger charge is -2.24. The number of rotatable bonds is 4. The highest BCUT2D eigenvalue weighted by Gasteiger charge is 2.18. The van der Waals surface area contributed by atoms with E-state index in [2.05, 4.69) is 5.32 Å². The topological polar surface area (TPSA) is 73.6 Å². The lowest BCUT2D eigenvalue weighted by Crippen LogP contribution is -2.27. The molecule has 0 amide bonds. The lowest BCUT2D eigenvalue weighted by molar-refractivity contribution is -0.385. The van der Waals surface area contributed by atoms with Crippen molar-refractivity contribution in [3.05, 3.63) is 28.3 Å². The quantitative estimate of drug-likeness (QED) is 0.656. The van der Waals surface area contributed by atoms with Crippen molar-refractivity contribution in [3.8, 4) is 5.75 Å². The van der Waals surface area contributed by atoms with Crippen LogP contribution in [0.2, 0.25) is 0 Å². The van der Waals surface area contributed by atoms with Crippen LogP contribution in [0, 0.1) is 10.1 Å². The summed E-state index contributed by atoms with van der Waals surface area (Å²) in [5.41, 5.74) is 0.726. The molecule has 1 fully saturated rings. The first-order chi connectivity index (χ1) is 8.70. The van der Waals surface area contributed by atoms with Gasteiger partial charge in [0.25, 0.3) is 0 Å². The summed E-state index contributed by atoms with van der Waals surface area (Å²) in [6.07, 6.45) is 1.83. The molecule has 18 heavy (non-hydrogen) atoms. The highest BCUT2D eigenvalue weighted by molar-refractivity contribution is 5.58. The third kappa shape index (κ3) is 2.89. The summed E-state index contributed by atoms with van der Waals surface area (Å²) >= 11 is 0. The standard InChI is InChI=1S/C12H16N2O4/c1-17-12-3-2-10(8-11(12)14(15)16)13-9-4-6-18-7-5-9/h2-3,8-9,13H,4-7H2,1H3. The highest BCUT2D eigenvalue weighted by atomic mass is 16.6. The normalized spacial score (nSPS) is 16.3. The molecular weight excluding hydrogens is 236 g/mol. The molecule has 0 saturated carbocycles. The first-order valence-electron chi connectivity index (χ1n) is 5.87. The fraction of sp³-hybridized carbons (Fsp3) is 0.500. The molecule has 98 valence electrons. The third-order valence-corrected chi connectivity index (χ3v) is 2.97. The van der Waals surface area contributed by atoms with Crippen LogP contribution in [0.5, 0.6) is 5.75 Å². The van der Waals surface area contributed by atoms with Gasteiger partial charge in [-0.1, -0.05) is 0 Å². The van der Waals surface area contributed by atoms with E-state index in [1.54, 1.807) is 12.1 Å². The van der Waals surface area contributed by atoms with Crippen LogP contribution < -0.4 is 10.1 Å². The van der Waals surface area contributed by atoms with Crippen molar-refractivity contribution in [2.45, 2.75) is 18.9 Å². The maximum absolute atomic E-state index is 10.9. The van der Waals surface area contributed by atoms with Crippen molar-refractivity contribution in [3.63, 3.8) is 0 Å². The van der Waals surface area contributed by atoms with Crippen molar-refractivity contribution < 1.29 is 14.4 Å². The minimum atomic E-state index is -0.437. The molecule has 0 bridgehead atoms. The van der Waals surface area contributed by atoms with Gasteiger partial charge in [0, 0.05) is 31.0 Å². The van der Waals surface area contributed by atoms with E-state index in [4.69, 9.17) is 9.47 Å². The zero-order chi connectivity index (χ0) is 13.0. The largest absolute Gasteiger partial charge is 0.490 e. The summed E-state index contributed by atoms with van der Waals surface area (Å²) < 4.78 is 10.2. The number of benzene rings is 1. The SMILES string of the molecule is COc1ccc(NC2CCOCC2)cc1[N+](=O)[O-]. The molecule has 0 unspecified atom stereocenters. The molecule has 0 aliphatic carbocycles. The fourth-order valence-corrected chi connectivity index (χ4v) is 2.00. The molecule has 1 N–H and O–H groups in total. The van der Waals surface area contributed by atoms with E-state index in [-0.39, 0.29) is 11.4 Å². The van der Waals surface area contributed by atoms with Crippen molar-refractivity contribution >= 4 is 11.4 Å². The highest BCUT2D eigenvalue weighted by Crippen LogP contribution is 2.30. The Morgan fingerprint density at radius 1 is 1.44 bits per heavy atom. The molecule has 0 radical (unpaired) electrons. The second kappa shape index (κ2) is 5.68. The maximum atomic E-state index is 10.9. The van der Waals surface area contributed by atoms with Crippen LogP contribution in [0.4, 0.5) is 11.4 Å². The summed E-state index contributed by atoms with van der Waals surface area (Å²) in [7, 11) is 1.42. The number of nitrogens with one attached hydrogen (secondary N) is 1. The lowest BCUT2D eigenvalue weighted by atomic mass is 10.1. The molecule has 1 aromatic carbocycles. The first-order valence-corrected chi connectivity index (χ1v) is 5.87. The van der Waals surface area contributed by atoms with Crippen LogP contribution >= 0.6 is 0 Å². The van der Waals surface area contributed by atoms with Crippen molar-refractivity contribution in [1.29, 1.82) is 0 Å². The zero-order valence-corrected chi connectivity index (χ0v) is 10.2. The number of nitro groups is 1. The van der Waals surface area contributed by atoms with Crippen LogP contribution in [0.3, 0.4) is 0 Å². The molecule has 2 rings (SSSR count). The average molecular weight is 252 g/mol. The molecule has 0 atom stereocenters. The van der Waals surface area contributed by atoms with Gasteiger partial charge in [-0.05, 0) is 25.0 Å². The fourth-order valence-electron chi connectivity index (χ4n) is 2.00. The molecule has 0 aromatic heterocycles. The predicted octanol–water partition coefficient (Wildman–Crippen LogP) is 2.19. The van der Waals surface area contributed by atoms with Gasteiger partial charge in [-0.25, -0.2) is 0 Å². The number of hydrogen-bond donors (Lipinski definition) is 1. The van der Waals surface area contributed by atoms with Gasteiger partial charge < -0.3 is 14.8 Å². The molecule has 1 aliphatic rings. The van der Waals surface area contributed by atoms with E-state index >= 15 is 0 Å². The van der Waals surface area contributed by atoms with Crippen molar-refractivity contribution in [2.24, 2.45) is 0 Å². The molecule has 1 aliphatic heterocycles. The summed E-state index contributed by atoms with van der Waals surface area (Å²) in [6, 6.07) is 5.22. The van der Waals surface area contributed by atoms with Crippen molar-refractivity contribution in [2.75, 3.05) is 25.6 Å². The Bertz CT molecular complexity index is 430. The van der Waals surface area contributed by atoms with E-state index in [0.717, 1.165) is 31.7 Å². The number of nitrogens with zero attached hydrogens (tertiary/aromatic N) is 1. The summed E-state index contributed by atoms with van der Waals surface area (Å²) in [5, 5.41) is 14.2. The second-order valence-electron chi connectivity index (χ2n) is 4.17. The van der Waals surface area contributed by atoms with Gasteiger partial charge in [0.1, 0.15) is 0 Å². The molecule has 6 heteroatoms. The van der Waals surface area contributed by atoms with Crippen LogP contribution in [0.1, 0.15) is 12.8 Å². The summed E-state index contributed by atoms with van der Waals surface area (Å²) in [4.78, 5) is 10.5. The Morgan fingerprint density at radius 2 is 2.17 bits per heavy atom. The smallest absolute Gasteiger partial charge is 0.312 e. The minimum absolute atomic E-state index is 0.0189. The number of hydrogen-bond acceptors (Lipinski definition) is 5.